The summed E-state index contributed by atoms with van der Waals surface area (Å²) in [6.45, 7) is 2.04. The van der Waals surface area contributed by atoms with E-state index in [0.717, 1.165) is 28.7 Å². The Morgan fingerprint density at radius 1 is 1.38 bits per heavy atom. The number of hydrogen-bond donors (Lipinski definition) is 2. The Morgan fingerprint density at radius 3 is 2.58 bits per heavy atom. The van der Waals surface area contributed by atoms with Gasteiger partial charge in [0.1, 0.15) is 11.9 Å². The molecule has 3 N–H and O–H groups in total. The predicted molar refractivity (Wildman–Crippen MR) is 100 cm³/mol. The second-order valence-corrected chi connectivity index (χ2v) is 6.69. The van der Waals surface area contributed by atoms with Crippen LogP contribution in [0.25, 0.3) is 0 Å². The summed E-state index contributed by atoms with van der Waals surface area (Å²) in [5.74, 6) is 0.530. The molecule has 1 fully saturated rings. The zero-order chi connectivity index (χ0) is 15.7. The van der Waals surface area contributed by atoms with Crippen LogP contribution in [0.15, 0.2) is 35.1 Å². The summed E-state index contributed by atoms with van der Waals surface area (Å²) in [6.07, 6.45) is 4.01. The number of nitrogens with two attached hydrogens (primary N) is 1. The highest BCUT2D eigenvalue weighted by Crippen LogP contribution is 2.35. The van der Waals surface area contributed by atoms with Crippen LogP contribution in [0.5, 0.6) is 0 Å². The first kappa shape index (κ1) is 20.9. The summed E-state index contributed by atoms with van der Waals surface area (Å²) in [5.41, 5.74) is 5.88. The van der Waals surface area contributed by atoms with Gasteiger partial charge in [0.2, 0.25) is 5.91 Å². The lowest BCUT2D eigenvalue weighted by Gasteiger charge is -2.24. The molecule has 1 aliphatic carbocycles. The van der Waals surface area contributed by atoms with E-state index in [1.165, 1.54) is 0 Å². The van der Waals surface area contributed by atoms with Crippen molar-refractivity contribution in [2.45, 2.75) is 37.9 Å². The molecule has 9 heteroatoms. The predicted octanol–water partition coefficient (Wildman–Crippen LogP) is 2.71. The molecule has 132 valence electrons. The molecule has 1 unspecified atom stereocenters. The minimum Gasteiger partial charge on any atom is -0.347 e. The Hall–Kier alpha value is -1.15. The van der Waals surface area contributed by atoms with E-state index in [2.05, 4.69) is 31.4 Å². The lowest BCUT2D eigenvalue weighted by molar-refractivity contribution is -0.126. The molecule has 0 radical (unpaired) electrons. The van der Waals surface area contributed by atoms with Crippen LogP contribution in [0.1, 0.15) is 37.2 Å². The van der Waals surface area contributed by atoms with Crippen molar-refractivity contribution in [1.29, 1.82) is 0 Å². The lowest BCUT2D eigenvalue weighted by atomic mass is 9.92. The van der Waals surface area contributed by atoms with Gasteiger partial charge in [0.15, 0.2) is 5.82 Å². The van der Waals surface area contributed by atoms with Gasteiger partial charge in [-0.25, -0.2) is 0 Å². The fourth-order valence-corrected chi connectivity index (χ4v) is 2.59. The van der Waals surface area contributed by atoms with Crippen LogP contribution >= 0.6 is 40.7 Å². The Kier molecular flexibility index (Phi) is 7.22. The Balaban J connectivity index is 0.00000144. The van der Waals surface area contributed by atoms with Crippen LogP contribution in [-0.2, 0) is 16.9 Å². The van der Waals surface area contributed by atoms with Crippen molar-refractivity contribution in [3.05, 3.63) is 46.5 Å². The molecule has 6 nitrogen and oxygen atoms in total. The summed E-state index contributed by atoms with van der Waals surface area (Å²) in [5, 5.41) is 10.8. The van der Waals surface area contributed by atoms with Gasteiger partial charge in [0, 0.05) is 10.5 Å². The third-order valence-electron chi connectivity index (χ3n) is 3.91. The first-order valence-electron chi connectivity index (χ1n) is 7.20. The molecule has 1 saturated carbocycles. The summed E-state index contributed by atoms with van der Waals surface area (Å²) in [6, 6.07) is 7.92. The third-order valence-corrected chi connectivity index (χ3v) is 4.44. The van der Waals surface area contributed by atoms with Gasteiger partial charge in [-0.05, 0) is 37.5 Å². The molecular weight excluding hydrogens is 417 g/mol. The first-order chi connectivity index (χ1) is 10.5. The molecule has 1 heterocycles. The highest BCUT2D eigenvalue weighted by atomic mass is 79.9. The van der Waals surface area contributed by atoms with Gasteiger partial charge in [0.25, 0.3) is 0 Å². The van der Waals surface area contributed by atoms with E-state index in [1.54, 1.807) is 13.3 Å². The third kappa shape index (κ3) is 4.47. The van der Waals surface area contributed by atoms with Gasteiger partial charge < -0.3 is 15.6 Å². The standard InChI is InChI=1S/C15H18BrN5O.2ClH/c1-15(17,10-2-4-11(16)5-3-10)14(22)18-8-13-20-19-9-21(13)12-6-7-12;;/h2-5,9,12H,6-8,17H2,1H3,(H,18,22);2*1H. The number of benzene rings is 1. The maximum Gasteiger partial charge on any atom is 0.244 e. The van der Waals surface area contributed by atoms with Gasteiger partial charge in [0.05, 0.1) is 6.54 Å². The van der Waals surface area contributed by atoms with Crippen molar-refractivity contribution in [3.8, 4) is 0 Å². The van der Waals surface area contributed by atoms with Gasteiger partial charge >= 0.3 is 0 Å². The normalized spacial score (nSPS) is 15.6. The van der Waals surface area contributed by atoms with E-state index >= 15 is 0 Å². The monoisotopic (exact) mass is 435 g/mol. The van der Waals surface area contributed by atoms with Crippen LogP contribution in [0.3, 0.4) is 0 Å². The van der Waals surface area contributed by atoms with Crippen LogP contribution in [0.2, 0.25) is 0 Å². The summed E-state index contributed by atoms with van der Waals surface area (Å²) < 4.78 is 2.97. The molecule has 1 aromatic heterocycles. The van der Waals surface area contributed by atoms with E-state index < -0.39 is 5.54 Å². The molecule has 0 bridgehead atoms. The average Bonchev–Trinajstić information content (AvgIpc) is 3.24. The Morgan fingerprint density at radius 2 is 2.00 bits per heavy atom. The van der Waals surface area contributed by atoms with E-state index in [4.69, 9.17) is 5.73 Å². The molecule has 1 atom stereocenters. The highest BCUT2D eigenvalue weighted by molar-refractivity contribution is 9.10. The van der Waals surface area contributed by atoms with Crippen molar-refractivity contribution in [2.75, 3.05) is 0 Å². The lowest BCUT2D eigenvalue weighted by Crippen LogP contribution is -2.48. The molecule has 0 saturated heterocycles. The van der Waals surface area contributed by atoms with E-state index in [9.17, 15) is 4.79 Å². The first-order valence-corrected chi connectivity index (χ1v) is 7.99. The van der Waals surface area contributed by atoms with Gasteiger partial charge in [-0.2, -0.15) is 0 Å². The molecule has 0 aliphatic heterocycles. The number of nitrogens with zero attached hydrogens (tertiary/aromatic N) is 3. The maximum absolute atomic E-state index is 12.4. The second-order valence-electron chi connectivity index (χ2n) is 5.78. The number of carbonyl (C=O) groups is 1. The zero-order valence-corrected chi connectivity index (χ0v) is 16.3. The van der Waals surface area contributed by atoms with Crippen molar-refractivity contribution in [2.24, 2.45) is 5.73 Å². The molecule has 1 aromatic carbocycles. The Bertz CT molecular complexity index is 685. The molecule has 3 rings (SSSR count). The summed E-state index contributed by atoms with van der Waals surface area (Å²) >= 11 is 3.37. The van der Waals surface area contributed by atoms with E-state index in [-0.39, 0.29) is 30.7 Å². The fraction of sp³-hybridized carbons (Fsp3) is 0.400. The van der Waals surface area contributed by atoms with Gasteiger partial charge in [-0.3, -0.25) is 4.79 Å². The van der Waals surface area contributed by atoms with Crippen LogP contribution in [-0.4, -0.2) is 20.7 Å². The van der Waals surface area contributed by atoms with E-state index in [0.29, 0.717) is 12.6 Å². The summed E-state index contributed by atoms with van der Waals surface area (Å²) in [4.78, 5) is 12.4. The number of halogens is 3. The SMILES string of the molecule is CC(N)(C(=O)NCc1nncn1C1CC1)c1ccc(Br)cc1.Cl.Cl. The van der Waals surface area contributed by atoms with Crippen molar-refractivity contribution in [3.63, 3.8) is 0 Å². The number of carbonyl (C=O) groups excluding carboxylic acids is 1. The smallest absolute Gasteiger partial charge is 0.244 e. The molecule has 24 heavy (non-hydrogen) atoms. The molecular formula is C15H20BrCl2N5O. The summed E-state index contributed by atoms with van der Waals surface area (Å²) in [7, 11) is 0. The van der Waals surface area contributed by atoms with Crippen molar-refractivity contribution in [1.82, 2.24) is 20.1 Å². The van der Waals surface area contributed by atoms with Crippen LogP contribution < -0.4 is 11.1 Å². The largest absolute Gasteiger partial charge is 0.347 e. The number of aromatic nitrogens is 3. The van der Waals surface area contributed by atoms with Crippen LogP contribution in [0, 0.1) is 0 Å². The highest BCUT2D eigenvalue weighted by Gasteiger charge is 2.31. The van der Waals surface area contributed by atoms with Gasteiger partial charge in [-0.1, -0.05) is 28.1 Å². The number of hydrogen-bond acceptors (Lipinski definition) is 4. The van der Waals surface area contributed by atoms with Crippen molar-refractivity contribution < 1.29 is 4.79 Å². The Labute approximate surface area is 161 Å². The van der Waals surface area contributed by atoms with Crippen molar-refractivity contribution >= 4 is 46.7 Å². The van der Waals surface area contributed by atoms with E-state index in [1.807, 2.05) is 28.8 Å². The average molecular weight is 437 g/mol. The molecule has 1 amide bonds. The number of nitrogens with one attached hydrogen (secondary N) is 1. The molecule has 1 aliphatic rings. The topological polar surface area (TPSA) is 85.8 Å². The molecule has 0 spiro atoms. The second kappa shape index (κ2) is 8.29. The fourth-order valence-electron chi connectivity index (χ4n) is 2.32. The number of rotatable bonds is 5. The van der Waals surface area contributed by atoms with Gasteiger partial charge in [-0.15, -0.1) is 35.0 Å². The minimum atomic E-state index is -1.09. The van der Waals surface area contributed by atoms with Crippen LogP contribution in [0.4, 0.5) is 0 Å². The number of amides is 1. The maximum atomic E-state index is 12.4. The zero-order valence-electron chi connectivity index (χ0n) is 13.1. The minimum absolute atomic E-state index is 0. The molecule has 2 aromatic rings. The quantitative estimate of drug-likeness (QED) is 0.754.